The van der Waals surface area contributed by atoms with Gasteiger partial charge in [0, 0.05) is 42.1 Å². The lowest BCUT2D eigenvalue weighted by atomic mass is 10.0. The number of amides is 3. The second-order valence-electron chi connectivity index (χ2n) is 7.43. The lowest BCUT2D eigenvalue weighted by molar-refractivity contribution is -0.116. The highest BCUT2D eigenvalue weighted by atomic mass is 32.1. The average molecular weight is 422 g/mol. The van der Waals surface area contributed by atoms with E-state index in [4.69, 9.17) is 0 Å². The number of thiazole rings is 1. The Morgan fingerprint density at radius 2 is 2.00 bits per heavy atom. The van der Waals surface area contributed by atoms with Gasteiger partial charge in [0.15, 0.2) is 5.13 Å². The maximum Gasteiger partial charge on any atom is 0.325 e. The molecule has 3 amide bonds. The third-order valence-corrected chi connectivity index (χ3v) is 5.77. The van der Waals surface area contributed by atoms with Crippen LogP contribution in [0.5, 0.6) is 0 Å². The predicted molar refractivity (Wildman–Crippen MR) is 119 cm³/mol. The van der Waals surface area contributed by atoms with Gasteiger partial charge in [-0.25, -0.2) is 9.78 Å². The first-order valence-electron chi connectivity index (χ1n) is 9.83. The molecule has 0 bridgehead atoms. The van der Waals surface area contributed by atoms with Crippen molar-refractivity contribution >= 4 is 34.1 Å². The monoisotopic (exact) mass is 421 g/mol. The van der Waals surface area contributed by atoms with Crippen molar-refractivity contribution in [3.63, 3.8) is 0 Å². The third kappa shape index (κ3) is 4.33. The first-order chi connectivity index (χ1) is 14.5. The number of nitrogens with zero attached hydrogens (tertiary/aromatic N) is 4. The van der Waals surface area contributed by atoms with E-state index in [1.807, 2.05) is 41.8 Å². The van der Waals surface area contributed by atoms with Crippen molar-refractivity contribution in [3.05, 3.63) is 59.7 Å². The zero-order valence-electron chi connectivity index (χ0n) is 16.9. The molecule has 1 N–H and O–H groups in total. The zero-order chi connectivity index (χ0) is 21.1. The standard InChI is InChI=1S/C22H23N5O2S/c1-15(2)16-5-7-18(8-6-16)27-11-10-26(22(27)29)13-20(28)25-21-24-19(14-30-21)17-4-3-9-23-12-17/h3-9,12,14-15H,10-11,13H2,1-2H3,(H,24,25,28). The Balaban J connectivity index is 1.35. The van der Waals surface area contributed by atoms with E-state index in [-0.39, 0.29) is 18.5 Å². The van der Waals surface area contributed by atoms with Crippen LogP contribution in [-0.2, 0) is 4.79 Å². The van der Waals surface area contributed by atoms with Crippen LogP contribution in [0.4, 0.5) is 15.6 Å². The van der Waals surface area contributed by atoms with Gasteiger partial charge < -0.3 is 10.2 Å². The van der Waals surface area contributed by atoms with Gasteiger partial charge in [0.2, 0.25) is 5.91 Å². The molecule has 1 saturated heterocycles. The molecule has 30 heavy (non-hydrogen) atoms. The van der Waals surface area contributed by atoms with Crippen LogP contribution >= 0.6 is 11.3 Å². The fourth-order valence-electron chi connectivity index (χ4n) is 3.32. The maximum atomic E-state index is 12.8. The fraction of sp³-hybridized carbons (Fsp3) is 0.273. The summed E-state index contributed by atoms with van der Waals surface area (Å²) < 4.78 is 0. The van der Waals surface area contributed by atoms with Gasteiger partial charge in [-0.05, 0) is 35.7 Å². The van der Waals surface area contributed by atoms with Gasteiger partial charge in [0.25, 0.3) is 0 Å². The summed E-state index contributed by atoms with van der Waals surface area (Å²) in [5, 5.41) is 5.17. The molecule has 0 spiro atoms. The molecule has 0 atom stereocenters. The lowest BCUT2D eigenvalue weighted by Crippen LogP contribution is -2.37. The van der Waals surface area contributed by atoms with Crippen LogP contribution in [0.2, 0.25) is 0 Å². The van der Waals surface area contributed by atoms with Crippen molar-refractivity contribution in [3.8, 4) is 11.3 Å². The van der Waals surface area contributed by atoms with E-state index < -0.39 is 0 Å². The van der Waals surface area contributed by atoms with Crippen molar-refractivity contribution in [1.82, 2.24) is 14.9 Å². The minimum absolute atomic E-state index is 0.00121. The molecular formula is C22H23N5O2S. The van der Waals surface area contributed by atoms with Crippen LogP contribution in [0, 0.1) is 0 Å². The molecule has 1 aromatic carbocycles. The van der Waals surface area contributed by atoms with Gasteiger partial charge in [0.05, 0.1) is 5.69 Å². The average Bonchev–Trinajstić information content (AvgIpc) is 3.36. The van der Waals surface area contributed by atoms with E-state index in [1.165, 1.54) is 16.9 Å². The molecule has 7 nitrogen and oxygen atoms in total. The van der Waals surface area contributed by atoms with Crippen molar-refractivity contribution in [2.75, 3.05) is 29.9 Å². The molecule has 2 aromatic heterocycles. The van der Waals surface area contributed by atoms with Gasteiger partial charge in [-0.3, -0.25) is 14.7 Å². The molecule has 154 valence electrons. The molecule has 3 heterocycles. The lowest BCUT2D eigenvalue weighted by Gasteiger charge is -2.19. The summed E-state index contributed by atoms with van der Waals surface area (Å²) in [5.41, 5.74) is 3.74. The van der Waals surface area contributed by atoms with E-state index in [0.717, 1.165) is 16.9 Å². The molecule has 1 aliphatic heterocycles. The first-order valence-corrected chi connectivity index (χ1v) is 10.7. The molecule has 0 unspecified atom stereocenters. The number of carbonyl (C=O) groups is 2. The third-order valence-electron chi connectivity index (χ3n) is 5.01. The minimum Gasteiger partial charge on any atom is -0.313 e. The van der Waals surface area contributed by atoms with E-state index in [1.54, 1.807) is 22.2 Å². The van der Waals surface area contributed by atoms with Crippen molar-refractivity contribution < 1.29 is 9.59 Å². The highest BCUT2D eigenvalue weighted by molar-refractivity contribution is 7.14. The van der Waals surface area contributed by atoms with E-state index in [9.17, 15) is 9.59 Å². The number of nitrogens with one attached hydrogen (secondary N) is 1. The Kier molecular flexibility index (Phi) is 5.76. The maximum absolute atomic E-state index is 12.8. The van der Waals surface area contributed by atoms with E-state index in [2.05, 4.69) is 29.1 Å². The summed E-state index contributed by atoms with van der Waals surface area (Å²) in [4.78, 5) is 37.0. The summed E-state index contributed by atoms with van der Waals surface area (Å²) in [6.45, 7) is 5.35. The van der Waals surface area contributed by atoms with Crippen LogP contribution in [0.1, 0.15) is 25.3 Å². The molecule has 0 radical (unpaired) electrons. The molecule has 8 heteroatoms. The SMILES string of the molecule is CC(C)c1ccc(N2CCN(CC(=O)Nc3nc(-c4cccnc4)cs3)C2=O)cc1. The van der Waals surface area contributed by atoms with Gasteiger partial charge in [-0.15, -0.1) is 11.3 Å². The molecule has 1 aliphatic rings. The molecule has 4 rings (SSSR count). The predicted octanol–water partition coefficient (Wildman–Crippen LogP) is 4.21. The van der Waals surface area contributed by atoms with Crippen molar-refractivity contribution in [2.45, 2.75) is 19.8 Å². The number of rotatable bonds is 6. The van der Waals surface area contributed by atoms with Gasteiger partial charge in [-0.2, -0.15) is 0 Å². The summed E-state index contributed by atoms with van der Waals surface area (Å²) in [6, 6.07) is 11.6. The highest BCUT2D eigenvalue weighted by Crippen LogP contribution is 2.25. The Bertz CT molecular complexity index is 1030. The number of aromatic nitrogens is 2. The first kappa shape index (κ1) is 20.0. The number of hydrogen-bond donors (Lipinski definition) is 1. The zero-order valence-corrected chi connectivity index (χ0v) is 17.7. The van der Waals surface area contributed by atoms with Crippen LogP contribution in [0.15, 0.2) is 54.2 Å². The summed E-state index contributed by atoms with van der Waals surface area (Å²) in [7, 11) is 0. The smallest absolute Gasteiger partial charge is 0.313 e. The number of carbonyl (C=O) groups excluding carboxylic acids is 2. The largest absolute Gasteiger partial charge is 0.325 e. The minimum atomic E-state index is -0.257. The van der Waals surface area contributed by atoms with E-state index >= 15 is 0 Å². The molecular weight excluding hydrogens is 398 g/mol. The highest BCUT2D eigenvalue weighted by Gasteiger charge is 2.31. The van der Waals surface area contributed by atoms with Crippen LogP contribution in [0.25, 0.3) is 11.3 Å². The summed E-state index contributed by atoms with van der Waals surface area (Å²) in [5.74, 6) is 0.186. The summed E-state index contributed by atoms with van der Waals surface area (Å²) >= 11 is 1.35. The van der Waals surface area contributed by atoms with Gasteiger partial charge >= 0.3 is 6.03 Å². The normalized spacial score (nSPS) is 13.9. The fourth-order valence-corrected chi connectivity index (χ4v) is 4.05. The number of urea groups is 1. The Morgan fingerprint density at radius 3 is 2.70 bits per heavy atom. The van der Waals surface area contributed by atoms with Crippen molar-refractivity contribution in [1.29, 1.82) is 0 Å². The molecule has 0 saturated carbocycles. The number of hydrogen-bond acceptors (Lipinski definition) is 5. The van der Waals surface area contributed by atoms with Crippen LogP contribution < -0.4 is 10.2 Å². The van der Waals surface area contributed by atoms with E-state index in [0.29, 0.717) is 24.1 Å². The topological polar surface area (TPSA) is 78.4 Å². The van der Waals surface area contributed by atoms with Crippen molar-refractivity contribution in [2.24, 2.45) is 0 Å². The molecule has 3 aromatic rings. The Hall–Kier alpha value is -3.26. The Morgan fingerprint density at radius 1 is 1.20 bits per heavy atom. The van der Waals surface area contributed by atoms with Crippen LogP contribution in [-0.4, -0.2) is 46.4 Å². The molecule has 0 aliphatic carbocycles. The van der Waals surface area contributed by atoms with Gasteiger partial charge in [0.1, 0.15) is 6.54 Å². The quantitative estimate of drug-likeness (QED) is 0.647. The summed E-state index contributed by atoms with van der Waals surface area (Å²) in [6.07, 6.45) is 3.43. The number of benzene rings is 1. The molecule has 1 fully saturated rings. The Labute approximate surface area is 179 Å². The van der Waals surface area contributed by atoms with Gasteiger partial charge in [-0.1, -0.05) is 26.0 Å². The second-order valence-corrected chi connectivity index (χ2v) is 8.29. The number of anilines is 2. The second kappa shape index (κ2) is 8.62. The number of pyridine rings is 1. The van der Waals surface area contributed by atoms with Crippen LogP contribution in [0.3, 0.4) is 0 Å².